The fourth-order valence-electron chi connectivity index (χ4n) is 0. The number of rotatable bonds is 1. The molecule has 0 amide bonds. The molecule has 0 rings (SSSR count). The van der Waals surface area contributed by atoms with E-state index in [1.807, 2.05) is 13.8 Å². The van der Waals surface area contributed by atoms with Crippen LogP contribution in [-0.2, 0) is 0 Å². The third-order valence-electron chi connectivity index (χ3n) is 0.707. The molecule has 7 heavy (non-hydrogen) atoms. The summed E-state index contributed by atoms with van der Waals surface area (Å²) in [5.41, 5.74) is 0. The van der Waals surface area contributed by atoms with Gasteiger partial charge in [-0.05, 0) is 6.92 Å². The molecule has 0 spiro atoms. The van der Waals surface area contributed by atoms with Crippen LogP contribution in [-0.4, -0.2) is 20.6 Å². The fraction of sp³-hybridized carbons (Fsp3) is 1.00. The van der Waals surface area contributed by atoms with Crippen molar-refractivity contribution in [2.45, 2.75) is 20.8 Å². The van der Waals surface area contributed by atoms with Gasteiger partial charge in [0.2, 0.25) is 0 Å². The smallest absolute Gasteiger partial charge is 0.0738 e. The Labute approximate surface area is 47.3 Å². The number of nitrogens with one attached hydrogen (secondary N) is 1. The first-order chi connectivity index (χ1) is 3.27. The average Bonchev–Trinajstić information content (AvgIpc) is 1.73. The van der Waals surface area contributed by atoms with Gasteiger partial charge in [0.05, 0.1) is 20.6 Å². The Morgan fingerprint density at radius 1 is 1.14 bits per heavy atom. The maximum Gasteiger partial charge on any atom is 0.0738 e. The van der Waals surface area contributed by atoms with Crippen LogP contribution in [0.2, 0.25) is 0 Å². The minimum absolute atomic E-state index is 1.22. The van der Waals surface area contributed by atoms with Crippen molar-refractivity contribution in [2.75, 3.05) is 20.6 Å². The van der Waals surface area contributed by atoms with Crippen molar-refractivity contribution in [3.05, 3.63) is 0 Å². The zero-order valence-corrected chi connectivity index (χ0v) is 6.21. The molecule has 0 aromatic heterocycles. The van der Waals surface area contributed by atoms with Crippen molar-refractivity contribution in [3.63, 3.8) is 0 Å². The Morgan fingerprint density at radius 2 is 1.29 bits per heavy atom. The third kappa shape index (κ3) is 24.3. The normalized spacial score (nSPS) is 7.71. The first kappa shape index (κ1) is 10.0. The highest BCUT2D eigenvalue weighted by Gasteiger charge is 1.75. The predicted molar refractivity (Wildman–Crippen MR) is 34.7 cm³/mol. The molecule has 0 saturated carbocycles. The van der Waals surface area contributed by atoms with Gasteiger partial charge in [0, 0.05) is 0 Å². The molecule has 46 valence electrons. The van der Waals surface area contributed by atoms with E-state index in [-0.39, 0.29) is 0 Å². The van der Waals surface area contributed by atoms with Crippen molar-refractivity contribution < 1.29 is 4.90 Å². The van der Waals surface area contributed by atoms with Crippen molar-refractivity contribution in [2.24, 2.45) is 0 Å². The van der Waals surface area contributed by atoms with E-state index in [2.05, 4.69) is 21.0 Å². The Hall–Kier alpha value is -0.0400. The van der Waals surface area contributed by atoms with E-state index in [4.69, 9.17) is 0 Å². The molecule has 0 unspecified atom stereocenters. The van der Waals surface area contributed by atoms with Crippen LogP contribution in [0.15, 0.2) is 0 Å². The second kappa shape index (κ2) is 9.35. The molecule has 0 radical (unpaired) electrons. The van der Waals surface area contributed by atoms with Crippen molar-refractivity contribution >= 4 is 0 Å². The Kier molecular flexibility index (Phi) is 13.4. The van der Waals surface area contributed by atoms with Gasteiger partial charge in [-0.15, -0.1) is 0 Å². The van der Waals surface area contributed by atoms with Crippen LogP contribution < -0.4 is 4.90 Å². The van der Waals surface area contributed by atoms with E-state index in [0.717, 1.165) is 0 Å². The van der Waals surface area contributed by atoms with E-state index in [1.165, 1.54) is 11.4 Å². The number of hydrogen-bond donors (Lipinski definition) is 1. The molecule has 0 aromatic rings. The second-order valence-corrected chi connectivity index (χ2v) is 1.56. The lowest BCUT2D eigenvalue weighted by Crippen LogP contribution is -3.05. The van der Waals surface area contributed by atoms with Gasteiger partial charge in [0.25, 0.3) is 0 Å². The van der Waals surface area contributed by atoms with E-state index < -0.39 is 0 Å². The second-order valence-electron chi connectivity index (χ2n) is 1.56. The first-order valence-corrected chi connectivity index (χ1v) is 3.06. The Bertz CT molecular complexity index is 18.1. The lowest BCUT2D eigenvalue weighted by Gasteiger charge is -1.97. The van der Waals surface area contributed by atoms with E-state index in [9.17, 15) is 0 Å². The molecular weight excluding hydrogens is 86.1 g/mol. The van der Waals surface area contributed by atoms with Crippen LogP contribution in [0.1, 0.15) is 20.8 Å². The van der Waals surface area contributed by atoms with Gasteiger partial charge in [0.1, 0.15) is 0 Å². The molecule has 0 bridgehead atoms. The van der Waals surface area contributed by atoms with Crippen molar-refractivity contribution in [3.8, 4) is 0 Å². The Balaban J connectivity index is 0. The van der Waals surface area contributed by atoms with E-state index in [1.54, 1.807) is 0 Å². The summed E-state index contributed by atoms with van der Waals surface area (Å²) in [6, 6.07) is 0. The monoisotopic (exact) mass is 104 g/mol. The molecule has 0 heterocycles. The van der Waals surface area contributed by atoms with Crippen LogP contribution in [0.4, 0.5) is 0 Å². The highest BCUT2D eigenvalue weighted by molar-refractivity contribution is 3.92. The van der Waals surface area contributed by atoms with Gasteiger partial charge in [-0.2, -0.15) is 0 Å². The maximum atomic E-state index is 2.16. The van der Waals surface area contributed by atoms with Crippen LogP contribution in [0.3, 0.4) is 0 Å². The fourth-order valence-corrected chi connectivity index (χ4v) is 0. The van der Waals surface area contributed by atoms with Gasteiger partial charge >= 0.3 is 0 Å². The molecule has 0 aliphatic heterocycles. The lowest BCUT2D eigenvalue weighted by molar-refractivity contribution is -0.856. The zero-order chi connectivity index (χ0) is 6.28. The first-order valence-electron chi connectivity index (χ1n) is 3.06. The summed E-state index contributed by atoms with van der Waals surface area (Å²) in [5, 5.41) is 0. The molecule has 0 atom stereocenters. The van der Waals surface area contributed by atoms with Crippen LogP contribution in [0.5, 0.6) is 0 Å². The molecule has 0 aliphatic carbocycles. The van der Waals surface area contributed by atoms with Gasteiger partial charge < -0.3 is 4.90 Å². The van der Waals surface area contributed by atoms with Crippen LogP contribution >= 0.6 is 0 Å². The molecule has 0 aliphatic rings. The largest absolute Gasteiger partial charge is 0.340 e. The van der Waals surface area contributed by atoms with Crippen LogP contribution in [0.25, 0.3) is 0 Å². The Morgan fingerprint density at radius 3 is 1.29 bits per heavy atom. The standard InChI is InChI=1S/C4H11N.C2H6/c1-4-5(2)3;1-2/h4H2,1-3H3;1-2H3/p+1. The summed E-state index contributed by atoms with van der Waals surface area (Å²) in [6.45, 7) is 7.38. The lowest BCUT2D eigenvalue weighted by atomic mass is 10.7. The minimum Gasteiger partial charge on any atom is -0.340 e. The summed E-state index contributed by atoms with van der Waals surface area (Å²) < 4.78 is 0. The third-order valence-corrected chi connectivity index (χ3v) is 0.707. The number of hydrogen-bond acceptors (Lipinski definition) is 0. The molecule has 1 heteroatoms. The summed E-state index contributed by atoms with van der Waals surface area (Å²) in [4.78, 5) is 1.50. The maximum absolute atomic E-state index is 2.16. The molecule has 0 fully saturated rings. The van der Waals surface area contributed by atoms with Crippen molar-refractivity contribution in [1.29, 1.82) is 0 Å². The molecule has 1 N–H and O–H groups in total. The molecule has 0 saturated heterocycles. The zero-order valence-electron chi connectivity index (χ0n) is 6.21. The summed E-state index contributed by atoms with van der Waals surface area (Å²) in [7, 11) is 4.28. The summed E-state index contributed by atoms with van der Waals surface area (Å²) in [5.74, 6) is 0. The SMILES string of the molecule is CC.CC[NH+](C)C. The topological polar surface area (TPSA) is 4.44 Å². The molecule has 0 aromatic carbocycles. The number of quaternary nitrogens is 1. The van der Waals surface area contributed by atoms with Gasteiger partial charge in [-0.1, -0.05) is 13.8 Å². The average molecular weight is 104 g/mol. The summed E-state index contributed by atoms with van der Waals surface area (Å²) >= 11 is 0. The quantitative estimate of drug-likeness (QED) is 0.484. The highest BCUT2D eigenvalue weighted by atomic mass is 15.0. The minimum atomic E-state index is 1.22. The highest BCUT2D eigenvalue weighted by Crippen LogP contribution is 1.25. The predicted octanol–water partition coefficient (Wildman–Crippen LogP) is 0.177. The van der Waals surface area contributed by atoms with Crippen LogP contribution in [0, 0.1) is 0 Å². The van der Waals surface area contributed by atoms with E-state index >= 15 is 0 Å². The van der Waals surface area contributed by atoms with Gasteiger partial charge in [-0.3, -0.25) is 0 Å². The van der Waals surface area contributed by atoms with Crippen molar-refractivity contribution in [1.82, 2.24) is 0 Å². The summed E-state index contributed by atoms with van der Waals surface area (Å²) in [6.07, 6.45) is 0. The molecule has 1 nitrogen and oxygen atoms in total. The van der Waals surface area contributed by atoms with Gasteiger partial charge in [0.15, 0.2) is 0 Å². The van der Waals surface area contributed by atoms with E-state index in [0.29, 0.717) is 0 Å². The molecular formula is C6H18N+. The van der Waals surface area contributed by atoms with Gasteiger partial charge in [-0.25, -0.2) is 0 Å².